The summed E-state index contributed by atoms with van der Waals surface area (Å²) in [5.41, 5.74) is 3.44. The monoisotopic (exact) mass is 452 g/mol. The normalized spacial score (nSPS) is 17.4. The van der Waals surface area contributed by atoms with Crippen LogP contribution in [0.2, 0.25) is 0 Å². The molecule has 1 unspecified atom stereocenters. The molecule has 0 spiro atoms. The third-order valence-electron chi connectivity index (χ3n) is 5.82. The zero-order valence-electron chi connectivity index (χ0n) is 18.9. The van der Waals surface area contributed by atoms with Gasteiger partial charge in [0.15, 0.2) is 0 Å². The summed E-state index contributed by atoms with van der Waals surface area (Å²) in [5, 5.41) is 22.0. The number of allylic oxidation sites excluding steroid dienone is 3. The van der Waals surface area contributed by atoms with Crippen molar-refractivity contribution in [1.82, 2.24) is 4.57 Å². The van der Waals surface area contributed by atoms with Crippen LogP contribution in [-0.4, -0.2) is 27.1 Å². The van der Waals surface area contributed by atoms with E-state index in [1.165, 1.54) is 0 Å². The Morgan fingerprint density at radius 2 is 1.85 bits per heavy atom. The number of para-hydroxylation sites is 1. The summed E-state index contributed by atoms with van der Waals surface area (Å²) in [4.78, 5) is 25.2. The van der Waals surface area contributed by atoms with Gasteiger partial charge in [-0.25, -0.2) is 0 Å². The molecule has 2 aromatic carbocycles. The Balaban J connectivity index is 1.40. The fraction of sp³-hybridized carbons (Fsp3) is 0.185. The molecule has 2 heterocycles. The van der Waals surface area contributed by atoms with Crippen molar-refractivity contribution < 1.29 is 14.7 Å². The van der Waals surface area contributed by atoms with E-state index < -0.39 is 11.5 Å². The molecule has 0 bridgehead atoms. The van der Waals surface area contributed by atoms with Crippen LogP contribution in [-0.2, 0) is 11.3 Å². The van der Waals surface area contributed by atoms with E-state index >= 15 is 0 Å². The van der Waals surface area contributed by atoms with Gasteiger partial charge < -0.3 is 15.0 Å². The van der Waals surface area contributed by atoms with Gasteiger partial charge in [-0.05, 0) is 37.6 Å². The smallest absolute Gasteiger partial charge is 0.276 e. The highest BCUT2D eigenvalue weighted by molar-refractivity contribution is 6.13. The number of aromatic nitrogens is 1. The Morgan fingerprint density at radius 1 is 1.09 bits per heavy atom. The van der Waals surface area contributed by atoms with Crippen molar-refractivity contribution in [2.75, 3.05) is 5.32 Å². The Morgan fingerprint density at radius 3 is 2.62 bits per heavy atom. The maximum Gasteiger partial charge on any atom is 0.276 e. The summed E-state index contributed by atoms with van der Waals surface area (Å²) < 4.78 is 1.90. The third-order valence-corrected chi connectivity index (χ3v) is 5.82. The topological polar surface area (TPSA) is 96.1 Å². The minimum absolute atomic E-state index is 0.233. The number of hydrogen-bond donors (Lipinski definition) is 2. The number of nitrogens with one attached hydrogen (secondary N) is 1. The summed E-state index contributed by atoms with van der Waals surface area (Å²) in [6.07, 6.45) is 9.19. The first-order valence-electron chi connectivity index (χ1n) is 11.1. The van der Waals surface area contributed by atoms with E-state index in [1.54, 1.807) is 32.2 Å². The number of nitrogens with zero attached hydrogens (tertiary/aromatic N) is 3. The predicted octanol–water partition coefficient (Wildman–Crippen LogP) is 5.11. The molecule has 0 radical (unpaired) electrons. The SMILES string of the molecule is CC(C)(O)Cn1cc(C(=O)Nc2ccc(C3=C4C=CC=CC4C(=O)N=N3)cc2)c2ccccc21. The van der Waals surface area contributed by atoms with Gasteiger partial charge in [-0.1, -0.05) is 54.6 Å². The Bertz CT molecular complexity index is 1420. The first kappa shape index (κ1) is 21.7. The number of fused-ring (bicyclic) bond motifs is 2. The average molecular weight is 453 g/mol. The third kappa shape index (κ3) is 4.13. The number of amides is 2. The molecular weight excluding hydrogens is 428 g/mol. The number of benzene rings is 2. The summed E-state index contributed by atoms with van der Waals surface area (Å²) >= 11 is 0. The van der Waals surface area contributed by atoms with E-state index in [4.69, 9.17) is 0 Å². The Labute approximate surface area is 196 Å². The van der Waals surface area contributed by atoms with Gasteiger partial charge in [-0.3, -0.25) is 9.59 Å². The molecule has 1 atom stereocenters. The van der Waals surface area contributed by atoms with E-state index in [9.17, 15) is 14.7 Å². The van der Waals surface area contributed by atoms with Crippen LogP contribution < -0.4 is 5.32 Å². The molecule has 170 valence electrons. The van der Waals surface area contributed by atoms with Gasteiger partial charge in [0, 0.05) is 28.4 Å². The van der Waals surface area contributed by atoms with Gasteiger partial charge >= 0.3 is 0 Å². The van der Waals surface area contributed by atoms with Gasteiger partial charge in [-0.15, -0.1) is 10.2 Å². The fourth-order valence-electron chi connectivity index (χ4n) is 4.31. The molecule has 34 heavy (non-hydrogen) atoms. The number of hydrogen-bond acceptors (Lipinski definition) is 4. The highest BCUT2D eigenvalue weighted by atomic mass is 16.3. The molecule has 2 aliphatic rings. The molecule has 2 N–H and O–H groups in total. The van der Waals surface area contributed by atoms with Crippen LogP contribution in [0.15, 0.2) is 94.8 Å². The minimum atomic E-state index is -0.912. The van der Waals surface area contributed by atoms with Crippen molar-refractivity contribution in [3.05, 3.63) is 95.7 Å². The lowest BCUT2D eigenvalue weighted by Gasteiger charge is -2.19. The molecule has 7 nitrogen and oxygen atoms in total. The van der Waals surface area contributed by atoms with Gasteiger partial charge in [0.05, 0.1) is 29.3 Å². The summed E-state index contributed by atoms with van der Waals surface area (Å²) in [7, 11) is 0. The van der Waals surface area contributed by atoms with E-state index in [0.717, 1.165) is 22.0 Å². The number of azo groups is 1. The van der Waals surface area contributed by atoms with Crippen LogP contribution >= 0.6 is 0 Å². The number of rotatable bonds is 5. The molecule has 0 fully saturated rings. The van der Waals surface area contributed by atoms with E-state index in [2.05, 4.69) is 15.5 Å². The summed E-state index contributed by atoms with van der Waals surface area (Å²) in [5.74, 6) is -0.908. The number of carbonyl (C=O) groups is 2. The molecular formula is C27H24N4O3. The van der Waals surface area contributed by atoms with E-state index in [0.29, 0.717) is 23.5 Å². The van der Waals surface area contributed by atoms with Crippen molar-refractivity contribution in [2.45, 2.75) is 26.0 Å². The number of carbonyl (C=O) groups excluding carboxylic acids is 2. The van der Waals surface area contributed by atoms with Crippen LogP contribution in [0.1, 0.15) is 29.8 Å². The zero-order valence-corrected chi connectivity index (χ0v) is 18.9. The van der Waals surface area contributed by atoms with Gasteiger partial charge in [0.2, 0.25) is 0 Å². The van der Waals surface area contributed by atoms with E-state index in [1.807, 2.05) is 65.3 Å². The Kier molecular flexibility index (Phi) is 5.34. The van der Waals surface area contributed by atoms with Gasteiger partial charge in [-0.2, -0.15) is 0 Å². The summed E-state index contributed by atoms with van der Waals surface area (Å²) in [6, 6.07) is 15.0. The van der Waals surface area contributed by atoms with Gasteiger partial charge in [0.25, 0.3) is 11.8 Å². The minimum Gasteiger partial charge on any atom is -0.389 e. The van der Waals surface area contributed by atoms with Crippen molar-refractivity contribution >= 4 is 34.1 Å². The van der Waals surface area contributed by atoms with Crippen molar-refractivity contribution in [2.24, 2.45) is 16.1 Å². The van der Waals surface area contributed by atoms with Crippen LogP contribution in [0, 0.1) is 5.92 Å². The second kappa shape index (κ2) is 8.35. The Hall–Kier alpha value is -4.10. The maximum absolute atomic E-state index is 13.1. The predicted molar refractivity (Wildman–Crippen MR) is 131 cm³/mol. The first-order valence-corrected chi connectivity index (χ1v) is 11.1. The average Bonchev–Trinajstić information content (AvgIpc) is 3.17. The second-order valence-electron chi connectivity index (χ2n) is 9.10. The number of aliphatic hydroxyl groups is 1. The number of anilines is 1. The van der Waals surface area contributed by atoms with Crippen molar-refractivity contribution in [1.29, 1.82) is 0 Å². The van der Waals surface area contributed by atoms with Crippen LogP contribution in [0.3, 0.4) is 0 Å². The molecule has 0 saturated heterocycles. The first-order chi connectivity index (χ1) is 16.3. The standard InChI is InChI=1S/C27H24N4O3/c1-27(2,34)16-31-15-22(19-7-5-6-10-23(19)31)25(32)28-18-13-11-17(12-14-18)24-20-8-3-4-9-21(20)26(33)30-29-24/h3-15,21,34H,16H2,1-2H3,(H,28,32). The van der Waals surface area contributed by atoms with Crippen molar-refractivity contribution in [3.63, 3.8) is 0 Å². The molecule has 5 rings (SSSR count). The highest BCUT2D eigenvalue weighted by Gasteiger charge is 2.27. The summed E-state index contributed by atoms with van der Waals surface area (Å²) in [6.45, 7) is 3.85. The largest absolute Gasteiger partial charge is 0.389 e. The molecule has 3 aromatic rings. The molecule has 1 aliphatic heterocycles. The lowest BCUT2D eigenvalue weighted by atomic mass is 9.89. The van der Waals surface area contributed by atoms with E-state index in [-0.39, 0.29) is 11.8 Å². The van der Waals surface area contributed by atoms with Crippen LogP contribution in [0.4, 0.5) is 5.69 Å². The highest BCUT2D eigenvalue weighted by Crippen LogP contribution is 2.34. The molecule has 7 heteroatoms. The lowest BCUT2D eigenvalue weighted by molar-refractivity contribution is -0.119. The lowest BCUT2D eigenvalue weighted by Crippen LogP contribution is -2.25. The molecule has 2 amide bonds. The quantitative estimate of drug-likeness (QED) is 0.563. The maximum atomic E-state index is 13.1. The van der Waals surface area contributed by atoms with Gasteiger partial charge in [0.1, 0.15) is 0 Å². The van der Waals surface area contributed by atoms with Crippen LogP contribution in [0.25, 0.3) is 16.6 Å². The molecule has 0 saturated carbocycles. The van der Waals surface area contributed by atoms with Crippen LogP contribution in [0.5, 0.6) is 0 Å². The van der Waals surface area contributed by atoms with Crippen molar-refractivity contribution in [3.8, 4) is 0 Å². The molecule has 1 aromatic heterocycles. The zero-order chi connectivity index (χ0) is 23.9. The second-order valence-corrected chi connectivity index (χ2v) is 9.10. The molecule has 1 aliphatic carbocycles. The fourth-order valence-corrected chi connectivity index (χ4v) is 4.31.